The quantitative estimate of drug-likeness (QED) is 0.227. The van der Waals surface area contributed by atoms with Gasteiger partial charge in [-0.2, -0.15) is 5.48 Å². The van der Waals surface area contributed by atoms with Crippen molar-refractivity contribution in [1.29, 1.82) is 0 Å². The van der Waals surface area contributed by atoms with Crippen LogP contribution in [0.15, 0.2) is 0 Å². The Labute approximate surface area is 120 Å². The lowest BCUT2D eigenvalue weighted by molar-refractivity contribution is -0.321. The molecule has 0 spiro atoms. The van der Waals surface area contributed by atoms with Crippen molar-refractivity contribution in [2.45, 2.75) is 45.8 Å². The molecule has 0 aliphatic carbocycles. The lowest BCUT2D eigenvalue weighted by Gasteiger charge is -2.36. The largest absolute Gasteiger partial charge is 0.389 e. The molecule has 0 heterocycles. The van der Waals surface area contributed by atoms with E-state index in [1.807, 2.05) is 13.8 Å². The summed E-state index contributed by atoms with van der Waals surface area (Å²) in [5.41, 5.74) is 2.54. The number of hydrogen-bond acceptors (Lipinski definition) is 7. The molecule has 0 rings (SSSR count). The van der Waals surface area contributed by atoms with E-state index in [0.29, 0.717) is 6.54 Å². The first-order valence-corrected chi connectivity index (χ1v) is 6.61. The third-order valence-electron chi connectivity index (χ3n) is 2.61. The van der Waals surface area contributed by atoms with E-state index in [1.54, 1.807) is 6.92 Å². The van der Waals surface area contributed by atoms with Crippen molar-refractivity contribution in [2.75, 3.05) is 27.0 Å². The minimum Gasteiger partial charge on any atom is -0.389 e. The van der Waals surface area contributed by atoms with Crippen molar-refractivity contribution >= 4 is 5.91 Å². The van der Waals surface area contributed by atoms with Crippen LogP contribution in [0.1, 0.15) is 27.7 Å². The van der Waals surface area contributed by atoms with Crippen LogP contribution in [0.4, 0.5) is 0 Å². The van der Waals surface area contributed by atoms with Crippen LogP contribution < -0.4 is 16.1 Å². The van der Waals surface area contributed by atoms with E-state index in [0.717, 1.165) is 0 Å². The monoisotopic (exact) mass is 293 g/mol. The van der Waals surface area contributed by atoms with E-state index in [2.05, 4.69) is 16.1 Å². The van der Waals surface area contributed by atoms with Gasteiger partial charge in [0.25, 0.3) is 5.91 Å². The first-order valence-electron chi connectivity index (χ1n) is 6.61. The topological polar surface area (TPSA) is 101 Å². The molecule has 120 valence electrons. The Hall–Kier alpha value is -0.770. The minimum atomic E-state index is -1.40. The average Bonchev–Trinajstić information content (AvgIpc) is 2.38. The van der Waals surface area contributed by atoms with E-state index in [4.69, 9.17) is 14.3 Å². The van der Waals surface area contributed by atoms with Gasteiger partial charge in [0.05, 0.1) is 12.1 Å². The van der Waals surface area contributed by atoms with Gasteiger partial charge in [-0.25, -0.2) is 4.84 Å². The molecule has 0 radical (unpaired) electrons. The second kappa shape index (κ2) is 10.0. The van der Waals surface area contributed by atoms with Gasteiger partial charge >= 0.3 is 0 Å². The number of rotatable bonds is 11. The number of carbonyl (C=O) groups excluding carboxylic acids is 1. The molecule has 0 aromatic rings. The van der Waals surface area contributed by atoms with Crippen LogP contribution in [0.3, 0.4) is 0 Å². The molecule has 0 fully saturated rings. The molecule has 8 nitrogen and oxygen atoms in total. The normalized spacial score (nSPS) is 17.3. The van der Waals surface area contributed by atoms with Crippen LogP contribution in [0.5, 0.6) is 0 Å². The molecule has 0 aromatic heterocycles. The fourth-order valence-corrected chi connectivity index (χ4v) is 1.54. The van der Waals surface area contributed by atoms with Crippen molar-refractivity contribution in [3.8, 4) is 0 Å². The Bertz CT molecular complexity index is 280. The van der Waals surface area contributed by atoms with Crippen LogP contribution in [0.25, 0.3) is 0 Å². The van der Waals surface area contributed by atoms with E-state index >= 15 is 0 Å². The predicted octanol–water partition coefficient (Wildman–Crippen LogP) is -0.703. The molecule has 1 amide bonds. The van der Waals surface area contributed by atoms with Crippen molar-refractivity contribution in [2.24, 2.45) is 0 Å². The van der Waals surface area contributed by atoms with Gasteiger partial charge in [0.15, 0.2) is 0 Å². The highest BCUT2D eigenvalue weighted by Gasteiger charge is 2.35. The number of hydroxylamine groups is 1. The van der Waals surface area contributed by atoms with Gasteiger partial charge in [-0.3, -0.25) is 10.1 Å². The van der Waals surface area contributed by atoms with Gasteiger partial charge in [-0.1, -0.05) is 6.92 Å². The highest BCUT2D eigenvalue weighted by Crippen LogP contribution is 2.13. The Kier molecular flexibility index (Phi) is 9.64. The molecule has 0 aromatic carbocycles. The zero-order valence-electron chi connectivity index (χ0n) is 12.9. The lowest BCUT2D eigenvalue weighted by Crippen LogP contribution is -2.59. The van der Waals surface area contributed by atoms with E-state index in [1.165, 1.54) is 14.0 Å². The highest BCUT2D eigenvalue weighted by atomic mass is 16.8. The molecule has 0 saturated heterocycles. The maximum atomic E-state index is 11.0. The lowest BCUT2D eigenvalue weighted by atomic mass is 10.2. The standard InChI is InChI=1S/C12H27N3O5/c1-6-13-12(7-16,20-14-8-18-5)19-10(3)9(2)15-11(4)17/h9-10,13-14,16H,6-8H2,1-5H3,(H,15,17). The van der Waals surface area contributed by atoms with Gasteiger partial charge in [0.1, 0.15) is 13.3 Å². The molecule has 4 N–H and O–H groups in total. The number of nitrogens with one attached hydrogen (secondary N) is 3. The maximum Gasteiger partial charge on any atom is 0.269 e. The summed E-state index contributed by atoms with van der Waals surface area (Å²) in [5, 5.41) is 15.2. The zero-order valence-corrected chi connectivity index (χ0v) is 12.9. The first-order chi connectivity index (χ1) is 9.40. The zero-order chi connectivity index (χ0) is 15.6. The Balaban J connectivity index is 4.63. The Morgan fingerprint density at radius 1 is 1.40 bits per heavy atom. The number of methoxy groups -OCH3 is 1. The molecular weight excluding hydrogens is 266 g/mol. The van der Waals surface area contributed by atoms with Crippen molar-refractivity contribution in [1.82, 2.24) is 16.1 Å². The SMILES string of the molecule is CCNC(CO)(ONCOC)OC(C)C(C)NC(C)=O. The minimum absolute atomic E-state index is 0.145. The second-order valence-electron chi connectivity index (χ2n) is 4.43. The summed E-state index contributed by atoms with van der Waals surface area (Å²) < 4.78 is 10.5. The summed E-state index contributed by atoms with van der Waals surface area (Å²) in [6.07, 6.45) is -0.380. The number of likely N-dealkylation sites (N-methyl/N-ethyl adjacent to an activating group) is 1. The predicted molar refractivity (Wildman–Crippen MR) is 73.4 cm³/mol. The fraction of sp³-hybridized carbons (Fsp3) is 0.917. The summed E-state index contributed by atoms with van der Waals surface area (Å²) in [6, 6.07) is -0.233. The van der Waals surface area contributed by atoms with Crippen LogP contribution in [-0.4, -0.2) is 56.1 Å². The molecule has 8 heteroatoms. The molecule has 3 unspecified atom stereocenters. The van der Waals surface area contributed by atoms with Gasteiger partial charge in [0.2, 0.25) is 5.91 Å². The van der Waals surface area contributed by atoms with Crippen LogP contribution >= 0.6 is 0 Å². The molecule has 0 aliphatic rings. The Morgan fingerprint density at radius 3 is 2.50 bits per heavy atom. The van der Waals surface area contributed by atoms with Crippen molar-refractivity contribution in [3.63, 3.8) is 0 Å². The number of hydrogen-bond donors (Lipinski definition) is 4. The average molecular weight is 293 g/mol. The number of aliphatic hydroxyl groups excluding tert-OH is 1. The number of carbonyl (C=O) groups is 1. The molecule has 0 aliphatic heterocycles. The maximum absolute atomic E-state index is 11.0. The van der Waals surface area contributed by atoms with E-state index < -0.39 is 12.5 Å². The smallest absolute Gasteiger partial charge is 0.269 e. The highest BCUT2D eigenvalue weighted by molar-refractivity contribution is 5.73. The molecule has 0 bridgehead atoms. The molecule has 3 atom stereocenters. The van der Waals surface area contributed by atoms with Crippen LogP contribution in [0, 0.1) is 0 Å². The molecule has 20 heavy (non-hydrogen) atoms. The van der Waals surface area contributed by atoms with E-state index in [-0.39, 0.29) is 24.8 Å². The summed E-state index contributed by atoms with van der Waals surface area (Å²) in [4.78, 5) is 16.4. The number of aliphatic hydroxyl groups is 1. The van der Waals surface area contributed by atoms with E-state index in [9.17, 15) is 9.90 Å². The van der Waals surface area contributed by atoms with Crippen molar-refractivity contribution < 1.29 is 24.2 Å². The third kappa shape index (κ3) is 7.13. The summed E-state index contributed by atoms with van der Waals surface area (Å²) in [5.74, 6) is -1.55. The van der Waals surface area contributed by atoms with Crippen LogP contribution in [-0.2, 0) is 19.1 Å². The van der Waals surface area contributed by atoms with Gasteiger partial charge in [-0.05, 0) is 20.4 Å². The molecular formula is C12H27N3O5. The fourth-order valence-electron chi connectivity index (χ4n) is 1.54. The number of ether oxygens (including phenoxy) is 2. The molecule has 0 saturated carbocycles. The van der Waals surface area contributed by atoms with Gasteiger partial charge < -0.3 is 19.9 Å². The van der Waals surface area contributed by atoms with Crippen LogP contribution in [0.2, 0.25) is 0 Å². The van der Waals surface area contributed by atoms with Gasteiger partial charge in [-0.15, -0.1) is 0 Å². The Morgan fingerprint density at radius 2 is 2.05 bits per heavy atom. The van der Waals surface area contributed by atoms with Crippen molar-refractivity contribution in [3.05, 3.63) is 0 Å². The summed E-state index contributed by atoms with van der Waals surface area (Å²) in [6.45, 7) is 7.14. The third-order valence-corrected chi connectivity index (χ3v) is 2.61. The second-order valence-corrected chi connectivity index (χ2v) is 4.43. The van der Waals surface area contributed by atoms with Gasteiger partial charge in [0, 0.05) is 14.0 Å². The number of amides is 1. The first kappa shape index (κ1) is 19.2. The summed E-state index contributed by atoms with van der Waals surface area (Å²) in [7, 11) is 1.51. The summed E-state index contributed by atoms with van der Waals surface area (Å²) >= 11 is 0.